The maximum absolute atomic E-state index is 13.1. The Morgan fingerprint density at radius 1 is 0.893 bits per heavy atom. The maximum Gasteiger partial charge on any atom is 0.223 e. The first-order valence-corrected chi connectivity index (χ1v) is 9.82. The van der Waals surface area contributed by atoms with Gasteiger partial charge in [0, 0.05) is 11.9 Å². The summed E-state index contributed by atoms with van der Waals surface area (Å²) in [7, 11) is -3.74. The van der Waals surface area contributed by atoms with Crippen molar-refractivity contribution in [2.24, 2.45) is 0 Å². The van der Waals surface area contributed by atoms with Crippen LogP contribution in [0.2, 0.25) is 0 Å². The Kier molecular flexibility index (Phi) is 4.50. The van der Waals surface area contributed by atoms with Crippen LogP contribution in [-0.4, -0.2) is 28.2 Å². The zero-order valence-corrected chi connectivity index (χ0v) is 15.4. The minimum atomic E-state index is -3.74. The quantitative estimate of drug-likeness (QED) is 0.536. The summed E-state index contributed by atoms with van der Waals surface area (Å²) in [6, 6.07) is 18.6. The second kappa shape index (κ2) is 7.12. The zero-order valence-electron chi connectivity index (χ0n) is 14.6. The van der Waals surface area contributed by atoms with Crippen molar-refractivity contribution in [2.75, 3.05) is 11.1 Å². The van der Waals surface area contributed by atoms with Crippen LogP contribution in [0.5, 0.6) is 0 Å². The molecule has 0 aliphatic carbocycles. The summed E-state index contributed by atoms with van der Waals surface area (Å²) in [6.07, 6.45) is 3.00. The van der Waals surface area contributed by atoms with E-state index in [-0.39, 0.29) is 15.9 Å². The highest BCUT2D eigenvalue weighted by Gasteiger charge is 2.23. The van der Waals surface area contributed by atoms with Gasteiger partial charge in [0.15, 0.2) is 5.03 Å². The number of hydrogen-bond donors (Lipinski definition) is 2. The van der Waals surface area contributed by atoms with Crippen molar-refractivity contribution in [1.29, 1.82) is 0 Å². The molecule has 28 heavy (non-hydrogen) atoms. The summed E-state index contributed by atoms with van der Waals surface area (Å²) in [5.74, 6) is 0.670. The number of nitrogen functional groups attached to an aromatic ring is 1. The van der Waals surface area contributed by atoms with E-state index in [0.29, 0.717) is 17.2 Å². The van der Waals surface area contributed by atoms with Crippen LogP contribution in [0.1, 0.15) is 0 Å². The van der Waals surface area contributed by atoms with E-state index in [4.69, 9.17) is 5.73 Å². The minimum absolute atomic E-state index is 0.1000. The molecule has 0 saturated carbocycles. The molecule has 0 amide bonds. The molecule has 0 aliphatic heterocycles. The number of benzene rings is 2. The average Bonchev–Trinajstić information content (AvgIpc) is 3.20. The molecule has 0 fully saturated rings. The molecule has 0 saturated heterocycles. The standard InChI is InChI=1S/C19H16N6O2S/c20-19-21-12-10-17(24-19)23-14-6-8-16(9-7-14)28(26,27)18-11-13-22-25(18)15-4-2-1-3-5-15/h1-13H,(H3,20,21,23,24). The number of nitrogens with two attached hydrogens (primary N) is 1. The van der Waals surface area contributed by atoms with Crippen molar-refractivity contribution in [3.8, 4) is 5.69 Å². The number of hydrogen-bond acceptors (Lipinski definition) is 7. The fraction of sp³-hybridized carbons (Fsp3) is 0. The van der Waals surface area contributed by atoms with Gasteiger partial charge in [-0.25, -0.2) is 18.1 Å². The van der Waals surface area contributed by atoms with Crippen molar-refractivity contribution < 1.29 is 8.42 Å². The number of sulfone groups is 1. The molecule has 8 nitrogen and oxygen atoms in total. The SMILES string of the molecule is Nc1nccc(Nc2ccc(S(=O)(=O)c3ccnn3-c3ccccc3)cc2)n1. The van der Waals surface area contributed by atoms with Crippen molar-refractivity contribution >= 4 is 27.3 Å². The van der Waals surface area contributed by atoms with Crippen LogP contribution >= 0.6 is 0 Å². The number of nitrogens with zero attached hydrogens (tertiary/aromatic N) is 4. The van der Waals surface area contributed by atoms with Gasteiger partial charge in [-0.05, 0) is 48.5 Å². The summed E-state index contributed by atoms with van der Waals surface area (Å²) < 4.78 is 27.6. The van der Waals surface area contributed by atoms with Crippen molar-refractivity contribution in [3.63, 3.8) is 0 Å². The van der Waals surface area contributed by atoms with Gasteiger partial charge >= 0.3 is 0 Å². The molecule has 140 valence electrons. The topological polar surface area (TPSA) is 116 Å². The molecule has 0 unspecified atom stereocenters. The van der Waals surface area contributed by atoms with Gasteiger partial charge in [0.2, 0.25) is 15.8 Å². The first-order chi connectivity index (χ1) is 13.5. The Hall–Kier alpha value is -3.72. The second-order valence-corrected chi connectivity index (χ2v) is 7.77. The van der Waals surface area contributed by atoms with Gasteiger partial charge in [-0.2, -0.15) is 10.1 Å². The van der Waals surface area contributed by atoms with Gasteiger partial charge in [0.25, 0.3) is 0 Å². The average molecular weight is 392 g/mol. The second-order valence-electron chi connectivity index (χ2n) is 5.87. The van der Waals surface area contributed by atoms with E-state index in [2.05, 4.69) is 20.4 Å². The lowest BCUT2D eigenvalue weighted by atomic mass is 10.3. The van der Waals surface area contributed by atoms with E-state index < -0.39 is 9.84 Å². The van der Waals surface area contributed by atoms with E-state index in [1.807, 2.05) is 18.2 Å². The van der Waals surface area contributed by atoms with Gasteiger partial charge in [0.05, 0.1) is 16.8 Å². The smallest absolute Gasteiger partial charge is 0.223 e. The number of nitrogens with one attached hydrogen (secondary N) is 1. The normalized spacial score (nSPS) is 11.3. The van der Waals surface area contributed by atoms with Crippen LogP contribution in [0.15, 0.2) is 89.0 Å². The van der Waals surface area contributed by atoms with Crippen LogP contribution in [-0.2, 0) is 9.84 Å². The lowest BCUT2D eigenvalue weighted by Gasteiger charge is -2.10. The summed E-state index contributed by atoms with van der Waals surface area (Å²) in [5.41, 5.74) is 6.91. The van der Waals surface area contributed by atoms with E-state index in [0.717, 1.165) is 0 Å². The third kappa shape index (κ3) is 3.42. The predicted octanol–water partition coefficient (Wildman–Crippen LogP) is 2.82. The highest BCUT2D eigenvalue weighted by atomic mass is 32.2. The van der Waals surface area contributed by atoms with Gasteiger partial charge in [-0.1, -0.05) is 18.2 Å². The number of anilines is 3. The van der Waals surface area contributed by atoms with Gasteiger partial charge in [0.1, 0.15) is 5.82 Å². The number of rotatable bonds is 5. The van der Waals surface area contributed by atoms with Crippen molar-refractivity contribution in [2.45, 2.75) is 9.92 Å². The fourth-order valence-corrected chi connectivity index (χ4v) is 4.04. The highest BCUT2D eigenvalue weighted by Crippen LogP contribution is 2.25. The third-order valence-corrected chi connectivity index (χ3v) is 5.75. The molecule has 0 bridgehead atoms. The Balaban J connectivity index is 1.63. The van der Waals surface area contributed by atoms with E-state index >= 15 is 0 Å². The summed E-state index contributed by atoms with van der Waals surface area (Å²) >= 11 is 0. The fourth-order valence-electron chi connectivity index (χ4n) is 2.69. The van der Waals surface area contributed by atoms with Crippen LogP contribution in [0.25, 0.3) is 5.69 Å². The molecular formula is C19H16N6O2S. The zero-order chi connectivity index (χ0) is 19.6. The number of aromatic nitrogens is 4. The lowest BCUT2D eigenvalue weighted by molar-refractivity contribution is 0.586. The summed E-state index contributed by atoms with van der Waals surface area (Å²) in [4.78, 5) is 8.04. The number of para-hydroxylation sites is 1. The van der Waals surface area contributed by atoms with Crippen LogP contribution in [0.3, 0.4) is 0 Å². The molecule has 2 heterocycles. The van der Waals surface area contributed by atoms with Crippen molar-refractivity contribution in [3.05, 3.63) is 79.1 Å². The molecule has 2 aromatic heterocycles. The molecule has 4 aromatic rings. The van der Waals surface area contributed by atoms with E-state index in [1.165, 1.54) is 35.3 Å². The van der Waals surface area contributed by atoms with Gasteiger partial charge in [-0.15, -0.1) is 0 Å². The Morgan fingerprint density at radius 2 is 1.64 bits per heavy atom. The Bertz CT molecular complexity index is 1200. The lowest BCUT2D eigenvalue weighted by Crippen LogP contribution is -2.10. The third-order valence-electron chi connectivity index (χ3n) is 4.00. The molecule has 2 aromatic carbocycles. The minimum Gasteiger partial charge on any atom is -0.368 e. The van der Waals surface area contributed by atoms with E-state index in [1.54, 1.807) is 30.3 Å². The molecule has 0 radical (unpaired) electrons. The molecule has 0 spiro atoms. The molecule has 4 rings (SSSR count). The monoisotopic (exact) mass is 392 g/mol. The highest BCUT2D eigenvalue weighted by molar-refractivity contribution is 7.91. The summed E-state index contributed by atoms with van der Waals surface area (Å²) in [5, 5.41) is 7.31. The largest absolute Gasteiger partial charge is 0.368 e. The van der Waals surface area contributed by atoms with Crippen LogP contribution in [0.4, 0.5) is 17.5 Å². The first-order valence-electron chi connectivity index (χ1n) is 8.34. The van der Waals surface area contributed by atoms with Crippen molar-refractivity contribution in [1.82, 2.24) is 19.7 Å². The molecular weight excluding hydrogens is 376 g/mol. The molecule has 9 heteroatoms. The summed E-state index contributed by atoms with van der Waals surface area (Å²) in [6.45, 7) is 0. The van der Waals surface area contributed by atoms with Crippen LogP contribution in [0, 0.1) is 0 Å². The maximum atomic E-state index is 13.1. The predicted molar refractivity (Wildman–Crippen MR) is 105 cm³/mol. The van der Waals surface area contributed by atoms with E-state index in [9.17, 15) is 8.42 Å². The Labute approximate surface area is 161 Å². The first kappa shape index (κ1) is 17.7. The van der Waals surface area contributed by atoms with Gasteiger partial charge < -0.3 is 11.1 Å². The molecule has 3 N–H and O–H groups in total. The Morgan fingerprint density at radius 3 is 2.36 bits per heavy atom. The molecule has 0 aliphatic rings. The van der Waals surface area contributed by atoms with Gasteiger partial charge in [-0.3, -0.25) is 0 Å². The van der Waals surface area contributed by atoms with Crippen LogP contribution < -0.4 is 11.1 Å². The molecule has 0 atom stereocenters.